The Morgan fingerprint density at radius 3 is 1.06 bits per heavy atom. The van der Waals surface area contributed by atoms with Gasteiger partial charge in [-0.3, -0.25) is 9.97 Å². The van der Waals surface area contributed by atoms with Gasteiger partial charge in [-0.15, -0.1) is 0 Å². The summed E-state index contributed by atoms with van der Waals surface area (Å²) in [5, 5.41) is 13.8. The van der Waals surface area contributed by atoms with Gasteiger partial charge in [0.05, 0.1) is 39.1 Å². The van der Waals surface area contributed by atoms with Crippen molar-refractivity contribution in [3.05, 3.63) is 344 Å². The minimum Gasteiger partial charge on any atom is -0.537 e. The Kier molecular flexibility index (Phi) is 20.2. The van der Waals surface area contributed by atoms with Crippen LogP contribution >= 0.6 is 11.6 Å². The molecule has 18 aromatic rings. The average Bonchev–Trinajstić information content (AvgIpc) is 0.765. The maximum absolute atomic E-state index is 8.88. The van der Waals surface area contributed by atoms with E-state index in [0.29, 0.717) is 53.5 Å². The van der Waals surface area contributed by atoms with Gasteiger partial charge in [0.2, 0.25) is 0 Å². The number of benzene rings is 10. The van der Waals surface area contributed by atoms with Crippen LogP contribution in [0.4, 0.5) is 0 Å². The van der Waals surface area contributed by atoms with Crippen molar-refractivity contribution >= 4 is 62.9 Å². The van der Waals surface area contributed by atoms with Gasteiger partial charge in [-0.25, -0.2) is 49.8 Å². The van der Waals surface area contributed by atoms with E-state index in [2.05, 4.69) is 156 Å². The highest BCUT2D eigenvalue weighted by atomic mass is 35.5. The molecule has 0 bridgehead atoms. The van der Waals surface area contributed by atoms with Crippen molar-refractivity contribution in [2.45, 2.75) is 26.7 Å². The summed E-state index contributed by atoms with van der Waals surface area (Å²) < 4.78 is 5.07. The Labute approximate surface area is 629 Å². The standard InChI is InChI=1S/C46H32N6.C26H18BN4O2.C20H15ClN2/c1-2-30-29-41(49-43-39(30)22-20-33-21-23-40(48-42(33)43)32-10-5-3-6-11-32)38-15-9-14-37(28-38)31-16-18-35(19-17-31)45-50-44(34-12-7-4-8-13-34)51-46(52-45)36-24-26-47-27-25-36;32-27-33-23-8-4-7-22(17-23)18-9-11-20(12-10-18)25-29-24(19-5-2-1-3-6-19)30-26(31-25)21-13-15-28-16-14-21;1-2-13-12-18(21)23-20-16(13)10-8-15-9-11-17(22-19(15)20)14-6-4-3-5-7-14/h3-29H,2H2,1H3;1-17,32H;3-12H,2H2,1H3. The fraction of sp³-hybridized carbons (Fsp3) is 0.0435. The molecule has 515 valence electrons. The predicted octanol–water partition coefficient (Wildman–Crippen LogP) is 21.4. The molecule has 16 heteroatoms. The van der Waals surface area contributed by atoms with E-state index in [1.807, 2.05) is 170 Å². The average molecular weight is 1420 g/mol. The van der Waals surface area contributed by atoms with Crippen molar-refractivity contribution in [1.82, 2.24) is 59.8 Å². The molecule has 0 fully saturated rings. The van der Waals surface area contributed by atoms with Crippen LogP contribution in [0.3, 0.4) is 0 Å². The first-order valence-corrected chi connectivity index (χ1v) is 35.9. The molecule has 0 atom stereocenters. The SMILES string of the molecule is CCc1cc(-c2cccc(-c3ccc(-c4nc(-c5ccccc5)nc(-c5ccncc5)n4)cc3)c2)nc2c1ccc1ccc(-c3ccccc3)nc12.CCc1cc(Cl)nc2c1ccc1ccc(-c3ccccc3)nc12.O[B]Oc1cccc(-c2ccc(-c3nc(-c4ccccc4)nc(-c4ccncc4)n3)cc2)c1. The van der Waals surface area contributed by atoms with Crippen LogP contribution in [-0.4, -0.2) is 72.5 Å². The van der Waals surface area contributed by atoms with Gasteiger partial charge in [0.15, 0.2) is 34.9 Å². The van der Waals surface area contributed by atoms with Crippen molar-refractivity contribution < 1.29 is 9.68 Å². The summed E-state index contributed by atoms with van der Waals surface area (Å²) in [6.07, 6.45) is 8.76. The molecule has 8 heterocycles. The van der Waals surface area contributed by atoms with E-state index in [1.165, 1.54) is 11.1 Å². The highest BCUT2D eigenvalue weighted by Gasteiger charge is 2.18. The predicted molar refractivity (Wildman–Crippen MR) is 435 cm³/mol. The van der Waals surface area contributed by atoms with E-state index >= 15 is 0 Å². The molecule has 10 aromatic carbocycles. The van der Waals surface area contributed by atoms with Gasteiger partial charge in [0.1, 0.15) is 10.9 Å². The van der Waals surface area contributed by atoms with Crippen LogP contribution in [0.15, 0.2) is 328 Å². The number of hydrogen-bond acceptors (Lipinski definition) is 14. The summed E-state index contributed by atoms with van der Waals surface area (Å²) in [6, 6.07) is 102. The quantitative estimate of drug-likeness (QED) is 0.0581. The molecule has 0 saturated heterocycles. The van der Waals surface area contributed by atoms with Gasteiger partial charge in [-0.05, 0) is 113 Å². The summed E-state index contributed by atoms with van der Waals surface area (Å²) >= 11 is 6.22. The molecule has 1 N–H and O–H groups in total. The minimum atomic E-state index is 0.522. The number of pyridine rings is 6. The molecule has 0 unspecified atom stereocenters. The van der Waals surface area contributed by atoms with Crippen molar-refractivity contribution in [3.63, 3.8) is 0 Å². The van der Waals surface area contributed by atoms with E-state index in [1.54, 1.807) is 30.9 Å². The Bertz CT molecular complexity index is 6110. The third-order valence-corrected chi connectivity index (χ3v) is 18.9. The van der Waals surface area contributed by atoms with Crippen LogP contribution in [-0.2, 0) is 12.8 Å². The first-order chi connectivity index (χ1) is 53.3. The van der Waals surface area contributed by atoms with Gasteiger partial charge in [0.25, 0.3) is 0 Å². The molecule has 0 spiro atoms. The first-order valence-electron chi connectivity index (χ1n) is 35.5. The first kappa shape index (κ1) is 68.7. The summed E-state index contributed by atoms with van der Waals surface area (Å²) in [4.78, 5) is 56.9. The highest BCUT2D eigenvalue weighted by molar-refractivity contribution is 6.30. The number of nitrogens with zero attached hydrogens (tertiary/aromatic N) is 12. The number of fused-ring (bicyclic) bond motifs is 6. The van der Waals surface area contributed by atoms with Crippen LogP contribution < -0.4 is 4.65 Å². The molecule has 0 aliphatic rings. The molecular formula is C92H65BClN12O2. The van der Waals surface area contributed by atoms with Crippen LogP contribution in [0, 0.1) is 0 Å². The summed E-state index contributed by atoms with van der Waals surface area (Å²) in [5.74, 6) is 4.21. The molecule has 0 aliphatic heterocycles. The second-order valence-corrected chi connectivity index (χ2v) is 25.9. The third kappa shape index (κ3) is 15.1. The number of halogens is 1. The maximum atomic E-state index is 8.88. The minimum absolute atomic E-state index is 0.522. The molecule has 18 rings (SSSR count). The lowest BCUT2D eigenvalue weighted by Gasteiger charge is -2.12. The zero-order chi connectivity index (χ0) is 73.1. The Balaban J connectivity index is 0.000000135. The molecule has 8 aromatic heterocycles. The second kappa shape index (κ2) is 31.7. The van der Waals surface area contributed by atoms with E-state index in [-0.39, 0.29) is 0 Å². The lowest BCUT2D eigenvalue weighted by molar-refractivity contribution is 0.454. The van der Waals surface area contributed by atoms with Gasteiger partial charge in [0, 0.05) is 96.4 Å². The molecule has 1 radical (unpaired) electrons. The number of hydrogen-bond donors (Lipinski definition) is 1. The van der Waals surface area contributed by atoms with Gasteiger partial charge < -0.3 is 9.68 Å². The zero-order valence-corrected chi connectivity index (χ0v) is 59.5. The monoisotopic (exact) mass is 1420 g/mol. The maximum Gasteiger partial charge on any atom is 0.569 e. The van der Waals surface area contributed by atoms with Crippen LogP contribution in [0.25, 0.3) is 168 Å². The Morgan fingerprint density at radius 1 is 0.278 bits per heavy atom. The molecule has 0 aliphatic carbocycles. The number of aromatic nitrogens is 12. The second-order valence-electron chi connectivity index (χ2n) is 25.5. The largest absolute Gasteiger partial charge is 0.569 e. The van der Waals surface area contributed by atoms with E-state index in [0.717, 1.165) is 146 Å². The molecule has 14 nitrogen and oxygen atoms in total. The molecular weight excluding hydrogens is 1350 g/mol. The van der Waals surface area contributed by atoms with E-state index in [4.69, 9.17) is 66.1 Å². The lowest BCUT2D eigenvalue weighted by atomic mass is 9.97. The van der Waals surface area contributed by atoms with E-state index < -0.39 is 0 Å². The molecule has 0 saturated carbocycles. The third-order valence-electron chi connectivity index (χ3n) is 18.7. The summed E-state index contributed by atoms with van der Waals surface area (Å²) in [6.45, 7) is 4.33. The van der Waals surface area contributed by atoms with Gasteiger partial charge >= 0.3 is 7.69 Å². The van der Waals surface area contributed by atoms with Crippen molar-refractivity contribution in [1.29, 1.82) is 0 Å². The van der Waals surface area contributed by atoms with Crippen molar-refractivity contribution in [3.8, 4) is 130 Å². The number of aryl methyl sites for hydroxylation is 2. The summed E-state index contributed by atoms with van der Waals surface area (Å²) in [7, 11) is 0.674. The lowest BCUT2D eigenvalue weighted by Crippen LogP contribution is -2.00. The Hall–Kier alpha value is -13.7. The summed E-state index contributed by atoms with van der Waals surface area (Å²) in [5.41, 5.74) is 21.7. The fourth-order valence-electron chi connectivity index (χ4n) is 13.1. The fourth-order valence-corrected chi connectivity index (χ4v) is 13.3. The van der Waals surface area contributed by atoms with Crippen LogP contribution in [0.5, 0.6) is 5.75 Å². The highest BCUT2D eigenvalue weighted by Crippen LogP contribution is 2.37. The van der Waals surface area contributed by atoms with Crippen molar-refractivity contribution in [2.24, 2.45) is 0 Å². The van der Waals surface area contributed by atoms with Gasteiger partial charge in [-0.1, -0.05) is 262 Å². The molecule has 108 heavy (non-hydrogen) atoms. The van der Waals surface area contributed by atoms with Crippen molar-refractivity contribution in [2.75, 3.05) is 0 Å². The number of rotatable bonds is 15. The normalized spacial score (nSPS) is 11.0. The smallest absolute Gasteiger partial charge is 0.537 e. The van der Waals surface area contributed by atoms with Gasteiger partial charge in [-0.2, -0.15) is 0 Å². The van der Waals surface area contributed by atoms with E-state index in [9.17, 15) is 0 Å². The topological polar surface area (TPSA) is 184 Å². The van der Waals surface area contributed by atoms with Crippen LogP contribution in [0.2, 0.25) is 5.15 Å². The van der Waals surface area contributed by atoms with Crippen LogP contribution in [0.1, 0.15) is 25.0 Å². The Morgan fingerprint density at radius 2 is 0.620 bits per heavy atom. The zero-order valence-electron chi connectivity index (χ0n) is 58.8. The molecule has 0 amide bonds.